The van der Waals surface area contributed by atoms with Crippen LogP contribution < -0.4 is 0 Å². The van der Waals surface area contributed by atoms with Crippen LogP contribution in [0, 0.1) is 0 Å². The van der Waals surface area contributed by atoms with Gasteiger partial charge in [0, 0.05) is 55.4 Å². The molecule has 0 atom stereocenters. The highest BCUT2D eigenvalue weighted by Crippen LogP contribution is 2.22. The Morgan fingerprint density at radius 1 is 0.920 bits per heavy atom. The van der Waals surface area contributed by atoms with E-state index in [1.807, 2.05) is 49.2 Å². The maximum Gasteiger partial charge on any atom is 0.137 e. The van der Waals surface area contributed by atoms with Crippen molar-refractivity contribution in [2.75, 3.05) is 0 Å². The van der Waals surface area contributed by atoms with E-state index in [-0.39, 0.29) is 0 Å². The van der Waals surface area contributed by atoms with Crippen molar-refractivity contribution in [1.82, 2.24) is 24.9 Å². The molecule has 0 radical (unpaired) electrons. The number of hydrogen-bond donors (Lipinski definition) is 1. The van der Waals surface area contributed by atoms with Crippen molar-refractivity contribution in [3.05, 3.63) is 82.9 Å². The number of fused-ring (bicyclic) bond motifs is 1. The number of nitrogens with one attached hydrogen (secondary N) is 1. The van der Waals surface area contributed by atoms with Gasteiger partial charge in [-0.15, -0.1) is 0 Å². The van der Waals surface area contributed by atoms with Crippen molar-refractivity contribution >= 4 is 22.6 Å². The minimum atomic E-state index is 0.635. The van der Waals surface area contributed by atoms with Crippen LogP contribution >= 0.6 is 11.6 Å². The summed E-state index contributed by atoms with van der Waals surface area (Å²) in [5.74, 6) is 0.851. The monoisotopic (exact) mass is 349 g/mol. The van der Waals surface area contributed by atoms with E-state index in [1.165, 1.54) is 5.56 Å². The van der Waals surface area contributed by atoms with E-state index >= 15 is 0 Å². The lowest BCUT2D eigenvalue weighted by Gasteiger charge is -2.03. The zero-order valence-electron chi connectivity index (χ0n) is 13.5. The second-order valence-electron chi connectivity index (χ2n) is 5.90. The van der Waals surface area contributed by atoms with E-state index < -0.39 is 0 Å². The Morgan fingerprint density at radius 3 is 2.52 bits per heavy atom. The van der Waals surface area contributed by atoms with E-state index in [9.17, 15) is 0 Å². The van der Waals surface area contributed by atoms with Gasteiger partial charge in [0.1, 0.15) is 11.5 Å². The first-order chi connectivity index (χ1) is 12.3. The number of nitrogens with zero attached hydrogens (tertiary/aromatic N) is 4. The van der Waals surface area contributed by atoms with Crippen molar-refractivity contribution in [2.24, 2.45) is 0 Å². The largest absolute Gasteiger partial charge is 0.346 e. The quantitative estimate of drug-likeness (QED) is 0.595. The van der Waals surface area contributed by atoms with Gasteiger partial charge in [-0.3, -0.25) is 4.98 Å². The molecule has 4 heterocycles. The number of pyridine rings is 2. The normalized spacial score (nSPS) is 11.1. The number of aryl methyl sites for hydroxylation is 2. The SMILES string of the molecule is Clc1cnc2[nH]cc(Cc3cnc(CCc4ccncc4)nc3)c2c1. The molecule has 0 saturated heterocycles. The Labute approximate surface area is 150 Å². The Bertz CT molecular complexity index is 980. The molecule has 0 aliphatic carbocycles. The Balaban J connectivity index is 1.45. The van der Waals surface area contributed by atoms with Crippen molar-refractivity contribution < 1.29 is 0 Å². The van der Waals surface area contributed by atoms with Gasteiger partial charge >= 0.3 is 0 Å². The van der Waals surface area contributed by atoms with Crippen LogP contribution in [0.25, 0.3) is 11.0 Å². The minimum Gasteiger partial charge on any atom is -0.346 e. The van der Waals surface area contributed by atoms with Crippen LogP contribution in [0.1, 0.15) is 22.5 Å². The van der Waals surface area contributed by atoms with Crippen LogP contribution in [0.4, 0.5) is 0 Å². The van der Waals surface area contributed by atoms with Crippen molar-refractivity contribution in [2.45, 2.75) is 19.3 Å². The molecule has 4 aromatic heterocycles. The maximum atomic E-state index is 6.05. The Morgan fingerprint density at radius 2 is 1.72 bits per heavy atom. The first-order valence-corrected chi connectivity index (χ1v) is 8.46. The smallest absolute Gasteiger partial charge is 0.137 e. The average Bonchev–Trinajstić information content (AvgIpc) is 3.04. The summed E-state index contributed by atoms with van der Waals surface area (Å²) >= 11 is 6.05. The highest BCUT2D eigenvalue weighted by molar-refractivity contribution is 6.31. The summed E-state index contributed by atoms with van der Waals surface area (Å²) in [4.78, 5) is 20.5. The molecular formula is C19H16ClN5. The van der Waals surface area contributed by atoms with Crippen LogP contribution in [0.15, 0.2) is 55.4 Å². The standard InChI is InChI=1S/C19H16ClN5/c20-16-8-17-15(11-24-19(17)25-12-16)7-14-9-22-18(23-10-14)2-1-13-3-5-21-6-4-13/h3-6,8-12H,1-2,7H2,(H,24,25). The molecule has 0 amide bonds. The summed E-state index contributed by atoms with van der Waals surface area (Å²) in [5.41, 5.74) is 4.28. The maximum absolute atomic E-state index is 6.05. The van der Waals surface area contributed by atoms with Crippen molar-refractivity contribution in [3.8, 4) is 0 Å². The van der Waals surface area contributed by atoms with E-state index in [2.05, 4.69) is 24.9 Å². The highest BCUT2D eigenvalue weighted by Gasteiger charge is 2.07. The van der Waals surface area contributed by atoms with Gasteiger partial charge in [0.2, 0.25) is 0 Å². The van der Waals surface area contributed by atoms with Gasteiger partial charge in [-0.2, -0.15) is 0 Å². The molecule has 0 aliphatic rings. The number of H-pyrrole nitrogens is 1. The molecule has 1 N–H and O–H groups in total. The van der Waals surface area contributed by atoms with Gasteiger partial charge in [-0.25, -0.2) is 15.0 Å². The third-order valence-electron chi connectivity index (χ3n) is 4.12. The van der Waals surface area contributed by atoms with Gasteiger partial charge in [-0.1, -0.05) is 11.6 Å². The zero-order valence-corrected chi connectivity index (χ0v) is 14.2. The Hall–Kier alpha value is -2.79. The van der Waals surface area contributed by atoms with E-state index in [0.29, 0.717) is 5.02 Å². The van der Waals surface area contributed by atoms with Gasteiger partial charge in [-0.05, 0) is 41.3 Å². The third kappa shape index (κ3) is 3.67. The second kappa shape index (κ2) is 6.99. The Kier molecular flexibility index (Phi) is 4.39. The summed E-state index contributed by atoms with van der Waals surface area (Å²) < 4.78 is 0. The predicted molar refractivity (Wildman–Crippen MR) is 97.6 cm³/mol. The fourth-order valence-electron chi connectivity index (χ4n) is 2.81. The molecule has 0 fully saturated rings. The third-order valence-corrected chi connectivity index (χ3v) is 4.33. The number of halogens is 1. The molecule has 0 bridgehead atoms. The molecule has 5 nitrogen and oxygen atoms in total. The molecule has 25 heavy (non-hydrogen) atoms. The van der Waals surface area contributed by atoms with Crippen LogP contribution in [-0.2, 0) is 19.3 Å². The topological polar surface area (TPSA) is 67.3 Å². The molecule has 4 aromatic rings. The predicted octanol–water partition coefficient (Wildman–Crippen LogP) is 3.78. The lowest BCUT2D eigenvalue weighted by Crippen LogP contribution is -2.00. The van der Waals surface area contributed by atoms with Crippen LogP contribution in [0.2, 0.25) is 5.02 Å². The minimum absolute atomic E-state index is 0.635. The summed E-state index contributed by atoms with van der Waals surface area (Å²) in [6, 6.07) is 5.97. The van der Waals surface area contributed by atoms with Crippen LogP contribution in [0.5, 0.6) is 0 Å². The fourth-order valence-corrected chi connectivity index (χ4v) is 2.96. The number of hydrogen-bond acceptors (Lipinski definition) is 4. The molecule has 0 spiro atoms. The summed E-state index contributed by atoms with van der Waals surface area (Å²) in [5, 5.41) is 1.67. The van der Waals surface area contributed by atoms with E-state index in [0.717, 1.165) is 47.2 Å². The van der Waals surface area contributed by atoms with Crippen molar-refractivity contribution in [3.63, 3.8) is 0 Å². The number of aromatic amines is 1. The molecule has 0 aromatic carbocycles. The molecule has 0 aliphatic heterocycles. The van der Waals surface area contributed by atoms with Crippen LogP contribution in [0.3, 0.4) is 0 Å². The van der Waals surface area contributed by atoms with E-state index in [4.69, 9.17) is 11.6 Å². The molecule has 0 unspecified atom stereocenters. The summed E-state index contributed by atoms with van der Waals surface area (Å²) in [7, 11) is 0. The molecular weight excluding hydrogens is 334 g/mol. The lowest BCUT2D eigenvalue weighted by atomic mass is 10.1. The highest BCUT2D eigenvalue weighted by atomic mass is 35.5. The first kappa shape index (κ1) is 15.7. The number of rotatable bonds is 5. The lowest BCUT2D eigenvalue weighted by molar-refractivity contribution is 0.847. The average molecular weight is 350 g/mol. The van der Waals surface area contributed by atoms with Gasteiger partial charge in [0.05, 0.1) is 5.02 Å². The second-order valence-corrected chi connectivity index (χ2v) is 6.34. The van der Waals surface area contributed by atoms with Gasteiger partial charge in [0.25, 0.3) is 0 Å². The van der Waals surface area contributed by atoms with Gasteiger partial charge in [0.15, 0.2) is 0 Å². The first-order valence-electron chi connectivity index (χ1n) is 8.08. The summed E-state index contributed by atoms with van der Waals surface area (Å²) in [6.45, 7) is 0. The number of aromatic nitrogens is 5. The van der Waals surface area contributed by atoms with Crippen molar-refractivity contribution in [1.29, 1.82) is 0 Å². The van der Waals surface area contributed by atoms with Gasteiger partial charge < -0.3 is 4.98 Å². The molecule has 0 saturated carbocycles. The zero-order chi connectivity index (χ0) is 17.1. The summed E-state index contributed by atoms with van der Waals surface area (Å²) in [6.07, 6.45) is 13.5. The fraction of sp³-hybridized carbons (Fsp3) is 0.158. The molecule has 6 heteroatoms. The molecule has 4 rings (SSSR count). The molecule has 124 valence electrons. The van der Waals surface area contributed by atoms with E-state index in [1.54, 1.807) is 6.20 Å². The van der Waals surface area contributed by atoms with Crippen LogP contribution in [-0.4, -0.2) is 24.9 Å².